The number of hydrogen-bond acceptors (Lipinski definition) is 8. The van der Waals surface area contributed by atoms with Crippen molar-refractivity contribution in [3.05, 3.63) is 54.1 Å². The van der Waals surface area contributed by atoms with Crippen LogP contribution in [0.1, 0.15) is 31.7 Å². The predicted octanol–water partition coefficient (Wildman–Crippen LogP) is 3.36. The second kappa shape index (κ2) is 11.0. The van der Waals surface area contributed by atoms with Gasteiger partial charge < -0.3 is 15.8 Å². The Bertz CT molecular complexity index is 1870. The molecule has 1 unspecified atom stereocenters. The van der Waals surface area contributed by atoms with Crippen LogP contribution in [0.5, 0.6) is 0 Å². The van der Waals surface area contributed by atoms with E-state index in [9.17, 15) is 31.0 Å². The molecule has 0 saturated carbocycles. The first kappa shape index (κ1) is 29.2. The van der Waals surface area contributed by atoms with E-state index in [1.54, 1.807) is 32.0 Å². The summed E-state index contributed by atoms with van der Waals surface area (Å²) in [5.41, 5.74) is 7.36. The number of nitrogens with two attached hydrogens (primary N) is 1. The number of amides is 1. The minimum Gasteiger partial charge on any atom is -0.448 e. The quantitative estimate of drug-likeness (QED) is 0.0367. The lowest BCUT2D eigenvalue weighted by atomic mass is 9.91. The summed E-state index contributed by atoms with van der Waals surface area (Å²) in [4.78, 5) is 22.2. The summed E-state index contributed by atoms with van der Waals surface area (Å²) in [7, 11) is -8.89. The number of benzene rings is 4. The molecule has 4 rings (SSSR count). The fraction of sp³-hybridized carbons (Fsp3) is 0.259. The van der Waals surface area contributed by atoms with Gasteiger partial charge in [0, 0.05) is 39.4 Å². The zero-order valence-corrected chi connectivity index (χ0v) is 23.5. The molecule has 0 spiro atoms. The summed E-state index contributed by atoms with van der Waals surface area (Å²) < 4.78 is 68.8. The number of rotatable bonds is 12. The van der Waals surface area contributed by atoms with Crippen LogP contribution in [0.15, 0.2) is 58.3 Å². The van der Waals surface area contributed by atoms with Gasteiger partial charge in [0.15, 0.2) is 6.23 Å². The second-order valence-corrected chi connectivity index (χ2v) is 12.6. The van der Waals surface area contributed by atoms with E-state index < -0.39 is 26.4 Å². The Morgan fingerprint density at radius 2 is 1.62 bits per heavy atom. The van der Waals surface area contributed by atoms with Crippen LogP contribution in [0.2, 0.25) is 0 Å². The molecule has 0 aliphatic carbocycles. The van der Waals surface area contributed by atoms with Crippen LogP contribution in [0.3, 0.4) is 0 Å². The van der Waals surface area contributed by atoms with Gasteiger partial charge in [-0.05, 0) is 61.6 Å². The van der Waals surface area contributed by atoms with Gasteiger partial charge in [0.05, 0.1) is 4.90 Å². The average Bonchev–Trinajstić information content (AvgIpc) is 2.87. The van der Waals surface area contributed by atoms with Crippen LogP contribution in [-0.2, 0) is 34.5 Å². The molecule has 5 N–H and O–H groups in total. The maximum absolute atomic E-state index is 13.6. The summed E-state index contributed by atoms with van der Waals surface area (Å²) >= 11 is 0. The molecule has 0 aromatic heterocycles. The summed E-state index contributed by atoms with van der Waals surface area (Å²) in [6, 6.07) is 9.07. The lowest BCUT2D eigenvalue weighted by Crippen LogP contribution is -2.37. The minimum absolute atomic E-state index is 0.137. The molecule has 0 saturated heterocycles. The van der Waals surface area contributed by atoms with Crippen LogP contribution in [-0.4, -0.2) is 46.5 Å². The Morgan fingerprint density at radius 3 is 2.25 bits per heavy atom. The highest BCUT2D eigenvalue weighted by molar-refractivity contribution is 7.89. The van der Waals surface area contributed by atoms with Gasteiger partial charge in [-0.3, -0.25) is 14.1 Å². The molecule has 0 aliphatic rings. The van der Waals surface area contributed by atoms with Gasteiger partial charge in [0.1, 0.15) is 4.90 Å². The van der Waals surface area contributed by atoms with Crippen molar-refractivity contribution in [2.75, 3.05) is 12.3 Å². The van der Waals surface area contributed by atoms with Gasteiger partial charge in [-0.1, -0.05) is 30.8 Å². The molecule has 212 valence electrons. The minimum atomic E-state index is -4.58. The van der Waals surface area contributed by atoms with Crippen LogP contribution >= 0.6 is 0 Å². The molecule has 4 aromatic rings. The van der Waals surface area contributed by atoms with Gasteiger partial charge in [0.25, 0.3) is 16.6 Å². The van der Waals surface area contributed by atoms with Gasteiger partial charge in [0.2, 0.25) is 15.9 Å². The Kier molecular flexibility index (Phi) is 8.04. The Balaban J connectivity index is 1.74. The number of nitrogen functional groups attached to an aromatic ring is 1. The van der Waals surface area contributed by atoms with Crippen molar-refractivity contribution in [1.29, 1.82) is 0 Å². The lowest BCUT2D eigenvalue weighted by molar-refractivity contribution is -0.134. The molecule has 13 heteroatoms. The van der Waals surface area contributed by atoms with E-state index >= 15 is 0 Å². The van der Waals surface area contributed by atoms with E-state index in [2.05, 4.69) is 16.6 Å². The Hall–Kier alpha value is -3.78. The zero-order chi connectivity index (χ0) is 29.4. The normalized spacial score (nSPS) is 13.1. The number of nitrogens with one attached hydrogen (secondary N) is 2. The number of ether oxygens (including phenoxy) is 1. The zero-order valence-electron chi connectivity index (χ0n) is 21.9. The van der Waals surface area contributed by atoms with Crippen molar-refractivity contribution in [2.24, 2.45) is 0 Å². The van der Waals surface area contributed by atoms with Crippen molar-refractivity contribution in [2.45, 2.75) is 49.1 Å². The molecule has 0 heterocycles. The first-order valence-corrected chi connectivity index (χ1v) is 15.2. The maximum atomic E-state index is 13.6. The monoisotopic (exact) mass is 587 g/mol. The van der Waals surface area contributed by atoms with Crippen molar-refractivity contribution in [3.8, 4) is 0 Å². The van der Waals surface area contributed by atoms with Crippen molar-refractivity contribution in [1.82, 2.24) is 10.0 Å². The third-order valence-corrected chi connectivity index (χ3v) is 9.09. The smallest absolute Gasteiger partial charge is 0.295 e. The first-order valence-electron chi connectivity index (χ1n) is 12.3. The van der Waals surface area contributed by atoms with E-state index in [0.29, 0.717) is 52.1 Å². The number of aryl methyl sites for hydroxylation is 1. The second-order valence-electron chi connectivity index (χ2n) is 9.58. The summed E-state index contributed by atoms with van der Waals surface area (Å²) in [6.45, 7) is 7.31. The molecule has 1 amide bonds. The largest absolute Gasteiger partial charge is 0.448 e. The van der Waals surface area contributed by atoms with Gasteiger partial charge in [-0.25, -0.2) is 8.42 Å². The van der Waals surface area contributed by atoms with Gasteiger partial charge in [-0.15, -0.1) is 0 Å². The molecule has 0 aliphatic heterocycles. The molecule has 1 atom stereocenters. The molecular weight excluding hydrogens is 558 g/mol. The first-order chi connectivity index (χ1) is 18.8. The van der Waals surface area contributed by atoms with Gasteiger partial charge >= 0.3 is 0 Å². The lowest BCUT2D eigenvalue weighted by Gasteiger charge is -2.20. The highest BCUT2D eigenvalue weighted by atomic mass is 32.2. The summed E-state index contributed by atoms with van der Waals surface area (Å²) in [5.74, 6) is -0.285. The van der Waals surface area contributed by atoms with Crippen molar-refractivity contribution in [3.63, 3.8) is 0 Å². The van der Waals surface area contributed by atoms with E-state index in [1.807, 2.05) is 0 Å². The van der Waals surface area contributed by atoms with Crippen molar-refractivity contribution >= 4 is 70.5 Å². The number of anilines is 1. The summed E-state index contributed by atoms with van der Waals surface area (Å²) in [6.07, 6.45) is -0.122. The predicted molar refractivity (Wildman–Crippen MR) is 152 cm³/mol. The molecule has 0 bridgehead atoms. The van der Waals surface area contributed by atoms with E-state index in [-0.39, 0.29) is 45.1 Å². The molecule has 40 heavy (non-hydrogen) atoms. The summed E-state index contributed by atoms with van der Waals surface area (Å²) in [5, 5.41) is 5.22. The third-order valence-electron chi connectivity index (χ3n) is 6.70. The number of unbranched alkanes of at least 4 members (excludes halogenated alkanes) is 1. The average molecular weight is 588 g/mol. The SMILES string of the molecule is C=C(C)C(=O)NCCCCC(NS(=O)(=O)c1cc(N)c2ccc3c(S(=O)(=O)O)cc(C)c4ccc1c2c43)OC=O. The van der Waals surface area contributed by atoms with E-state index in [0.717, 1.165) is 0 Å². The highest BCUT2D eigenvalue weighted by Crippen LogP contribution is 2.42. The van der Waals surface area contributed by atoms with Crippen molar-refractivity contribution < 1.29 is 35.7 Å². The molecule has 0 radical (unpaired) electrons. The number of hydrogen-bond donors (Lipinski definition) is 4. The molecule has 4 aromatic carbocycles. The molecule has 0 fully saturated rings. The Labute approximate surface area is 231 Å². The fourth-order valence-electron chi connectivity index (χ4n) is 4.83. The number of sulfonamides is 1. The van der Waals surface area contributed by atoms with Crippen LogP contribution in [0.25, 0.3) is 32.3 Å². The van der Waals surface area contributed by atoms with Crippen LogP contribution < -0.4 is 15.8 Å². The fourth-order valence-corrected chi connectivity index (χ4v) is 6.99. The molecular formula is C27H29N3O8S2. The standard InChI is InChI=1S/C27H29N3O8S2/c1-15(2)27(32)29-11-5-4-6-24(38-14-31)30-39(33,34)22-13-21(28)18-8-10-20-23(40(35,36)37)12-16(3)17-7-9-19(22)26(18)25(17)20/h7-10,12-14,24,30H,1,4-6,11,28H2,2-3H3,(H,29,32)(H,35,36,37). The van der Waals surface area contributed by atoms with E-state index in [1.165, 1.54) is 18.2 Å². The third kappa shape index (κ3) is 5.59. The highest BCUT2D eigenvalue weighted by Gasteiger charge is 2.27. The Morgan fingerprint density at radius 1 is 1.02 bits per heavy atom. The topological polar surface area (TPSA) is 182 Å². The molecule has 11 nitrogen and oxygen atoms in total. The number of carbonyl (C=O) groups excluding carboxylic acids is 2. The number of carbonyl (C=O) groups is 2. The van der Waals surface area contributed by atoms with Gasteiger partial charge in [-0.2, -0.15) is 13.1 Å². The maximum Gasteiger partial charge on any atom is 0.295 e. The van der Waals surface area contributed by atoms with E-state index in [4.69, 9.17) is 10.5 Å². The van der Waals surface area contributed by atoms with Crippen LogP contribution in [0, 0.1) is 6.92 Å². The van der Waals surface area contributed by atoms with Crippen LogP contribution in [0.4, 0.5) is 5.69 Å².